The number of hydrogen-bond donors (Lipinski definition) is 0. The highest BCUT2D eigenvalue weighted by Crippen LogP contribution is 2.61. The molecule has 0 aromatic heterocycles. The van der Waals surface area contributed by atoms with Crippen LogP contribution in [0.1, 0.15) is 53.7 Å². The quantitative estimate of drug-likeness (QED) is 0.190. The first-order valence-electron chi connectivity index (χ1n) is 13.1. The van der Waals surface area contributed by atoms with Crippen LogP contribution in [-0.2, 0) is 0 Å². The van der Waals surface area contributed by atoms with Crippen molar-refractivity contribution in [2.45, 2.75) is 24.9 Å². The van der Waals surface area contributed by atoms with Crippen molar-refractivity contribution in [3.63, 3.8) is 0 Å². The molecule has 3 aliphatic rings. The second-order valence-corrected chi connectivity index (χ2v) is 11.5. The molecule has 1 aliphatic carbocycles. The summed E-state index contributed by atoms with van der Waals surface area (Å²) in [6.07, 6.45) is 3.87. The summed E-state index contributed by atoms with van der Waals surface area (Å²) in [7, 11) is 0. The molecule has 0 N–H and O–H groups in total. The number of halogens is 2. The molecule has 2 aliphatic heterocycles. The lowest BCUT2D eigenvalue weighted by Gasteiger charge is -2.37. The minimum absolute atomic E-state index is 0.183. The van der Waals surface area contributed by atoms with E-state index in [4.69, 9.17) is 23.2 Å². The van der Waals surface area contributed by atoms with E-state index in [0.717, 1.165) is 16.8 Å². The van der Waals surface area contributed by atoms with Gasteiger partial charge in [-0.25, -0.2) is 0 Å². The zero-order valence-corrected chi connectivity index (χ0v) is 23.0. The van der Waals surface area contributed by atoms with Gasteiger partial charge in [0.15, 0.2) is 17.3 Å². The van der Waals surface area contributed by atoms with Gasteiger partial charge >= 0.3 is 0 Å². The van der Waals surface area contributed by atoms with Crippen LogP contribution in [0.5, 0.6) is 0 Å². The average molecular weight is 564 g/mol. The lowest BCUT2D eigenvalue weighted by atomic mass is 9.64. The van der Waals surface area contributed by atoms with Gasteiger partial charge in [0.1, 0.15) is 11.5 Å². The number of hydrogen-bond acceptors (Lipinski definition) is 4. The highest BCUT2D eigenvalue weighted by atomic mass is 35.5. The van der Waals surface area contributed by atoms with Gasteiger partial charge in [-0.1, -0.05) is 108 Å². The van der Waals surface area contributed by atoms with Crippen LogP contribution < -0.4 is 4.90 Å². The Balaban J connectivity index is 1.58. The maximum atomic E-state index is 14.7. The summed E-state index contributed by atoms with van der Waals surface area (Å²) >= 11 is 13.2. The highest BCUT2D eigenvalue weighted by molar-refractivity contribution is 6.36. The topological polar surface area (TPSA) is 54.5 Å². The third-order valence-corrected chi connectivity index (χ3v) is 9.15. The van der Waals surface area contributed by atoms with E-state index < -0.39 is 23.4 Å². The Morgan fingerprint density at radius 2 is 1.50 bits per heavy atom. The molecule has 4 aromatic carbocycles. The maximum Gasteiger partial charge on any atom is 0.185 e. The van der Waals surface area contributed by atoms with Crippen LogP contribution in [0.3, 0.4) is 0 Å². The number of fused-ring (bicyclic) bond motifs is 5. The summed E-state index contributed by atoms with van der Waals surface area (Å²) in [5.74, 6) is -1.64. The first-order chi connectivity index (χ1) is 19.3. The molecule has 1 spiro atoms. The molecule has 196 valence electrons. The normalized spacial score (nSPS) is 21.9. The maximum absolute atomic E-state index is 14.7. The number of aryl methyl sites for hydroxylation is 1. The Labute approximate surface area is 241 Å². The van der Waals surface area contributed by atoms with Crippen molar-refractivity contribution in [3.05, 3.63) is 140 Å². The molecule has 6 heteroatoms. The molecule has 2 heterocycles. The standard InChI is InChI=1S/C34H23Cl2NO3/c1-19-11-12-20-13-16-28-34(32(39)23-9-5-6-10-24(23)33(34)40)29(25-15-14-22(35)18-26(25)36)30(37(28)27(20)17-19)31(38)21-7-3-2-4-8-21/h2-18,28-30H,1H3/t28-,29-,30+/m1/s1. The molecule has 0 radical (unpaired) electrons. The monoisotopic (exact) mass is 563 g/mol. The zero-order chi connectivity index (χ0) is 27.8. The fraction of sp³-hybridized carbons (Fsp3) is 0.147. The predicted octanol–water partition coefficient (Wildman–Crippen LogP) is 7.62. The molecule has 1 saturated heterocycles. The van der Waals surface area contributed by atoms with Gasteiger partial charge in [-0.3, -0.25) is 14.4 Å². The molecule has 0 saturated carbocycles. The SMILES string of the molecule is Cc1ccc2c(c1)N1[C@H](C(=O)c3ccccc3)[C@@H](c3ccc(Cl)cc3Cl)C3(C(=O)c4ccccc4C3=O)[C@H]1C=C2. The summed E-state index contributed by atoms with van der Waals surface area (Å²) in [5.41, 5.74) is 2.93. The van der Waals surface area contributed by atoms with Gasteiger partial charge in [-0.15, -0.1) is 0 Å². The van der Waals surface area contributed by atoms with E-state index in [0.29, 0.717) is 32.3 Å². The van der Waals surface area contributed by atoms with E-state index in [2.05, 4.69) is 0 Å². The number of ketones is 3. The molecule has 40 heavy (non-hydrogen) atoms. The van der Waals surface area contributed by atoms with Gasteiger partial charge < -0.3 is 4.90 Å². The second-order valence-electron chi connectivity index (χ2n) is 10.7. The summed E-state index contributed by atoms with van der Waals surface area (Å²) < 4.78 is 0. The molecule has 0 amide bonds. The van der Waals surface area contributed by atoms with Crippen molar-refractivity contribution in [1.82, 2.24) is 0 Å². The predicted molar refractivity (Wildman–Crippen MR) is 158 cm³/mol. The first-order valence-corrected chi connectivity index (χ1v) is 13.9. The minimum atomic E-state index is -1.60. The van der Waals surface area contributed by atoms with Crippen LogP contribution in [0.15, 0.2) is 97.1 Å². The van der Waals surface area contributed by atoms with Crippen molar-refractivity contribution in [2.75, 3.05) is 4.90 Å². The van der Waals surface area contributed by atoms with E-state index in [9.17, 15) is 14.4 Å². The summed E-state index contributed by atoms with van der Waals surface area (Å²) in [6.45, 7) is 1.99. The number of anilines is 1. The molecule has 0 bridgehead atoms. The largest absolute Gasteiger partial charge is 0.352 e. The van der Waals surface area contributed by atoms with Crippen LogP contribution in [0, 0.1) is 12.3 Å². The van der Waals surface area contributed by atoms with Crippen molar-refractivity contribution in [3.8, 4) is 0 Å². The summed E-state index contributed by atoms with van der Waals surface area (Å²) in [6, 6.07) is 25.5. The van der Waals surface area contributed by atoms with Crippen LogP contribution in [0.25, 0.3) is 6.08 Å². The Kier molecular flexibility index (Phi) is 5.64. The third-order valence-electron chi connectivity index (χ3n) is 8.59. The minimum Gasteiger partial charge on any atom is -0.352 e. The van der Waals surface area contributed by atoms with Crippen molar-refractivity contribution < 1.29 is 14.4 Å². The lowest BCUT2D eigenvalue weighted by molar-refractivity contribution is 0.0666. The van der Waals surface area contributed by atoms with E-state index in [1.165, 1.54) is 0 Å². The number of rotatable bonds is 3. The van der Waals surface area contributed by atoms with E-state index in [-0.39, 0.29) is 17.3 Å². The van der Waals surface area contributed by atoms with Crippen LogP contribution in [0.4, 0.5) is 5.69 Å². The number of Topliss-reactive ketones (excluding diaryl/α,β-unsaturated/α-hetero) is 3. The van der Waals surface area contributed by atoms with Gasteiger partial charge in [0, 0.05) is 38.3 Å². The van der Waals surface area contributed by atoms with Gasteiger partial charge in [-0.05, 0) is 41.8 Å². The van der Waals surface area contributed by atoms with Crippen LogP contribution in [0.2, 0.25) is 10.0 Å². The molecule has 7 rings (SSSR count). The van der Waals surface area contributed by atoms with Gasteiger partial charge in [0.2, 0.25) is 0 Å². The van der Waals surface area contributed by atoms with Crippen molar-refractivity contribution >= 4 is 52.3 Å². The first kappa shape index (κ1) is 25.0. The van der Waals surface area contributed by atoms with E-state index in [1.54, 1.807) is 54.6 Å². The lowest BCUT2D eigenvalue weighted by Crippen LogP contribution is -2.48. The molecule has 4 nitrogen and oxygen atoms in total. The second kappa shape index (κ2) is 9.02. The molecule has 0 unspecified atom stereocenters. The summed E-state index contributed by atoms with van der Waals surface area (Å²) in [4.78, 5) is 46.0. The van der Waals surface area contributed by atoms with Gasteiger partial charge in [0.25, 0.3) is 0 Å². The van der Waals surface area contributed by atoms with Crippen molar-refractivity contribution in [1.29, 1.82) is 0 Å². The zero-order valence-electron chi connectivity index (χ0n) is 21.5. The Morgan fingerprint density at radius 3 is 2.17 bits per heavy atom. The fourth-order valence-electron chi connectivity index (χ4n) is 6.94. The summed E-state index contributed by atoms with van der Waals surface area (Å²) in [5, 5.41) is 0.741. The molecule has 1 fully saturated rings. The number of nitrogens with zero attached hydrogens (tertiary/aromatic N) is 1. The molecule has 3 atom stereocenters. The Bertz CT molecular complexity index is 1740. The van der Waals surface area contributed by atoms with Crippen LogP contribution >= 0.6 is 23.2 Å². The molecular weight excluding hydrogens is 541 g/mol. The molecular formula is C34H23Cl2NO3. The van der Waals surface area contributed by atoms with E-state index in [1.807, 2.05) is 60.4 Å². The highest BCUT2D eigenvalue weighted by Gasteiger charge is 2.71. The average Bonchev–Trinajstić information content (AvgIpc) is 3.39. The van der Waals surface area contributed by atoms with Crippen LogP contribution in [-0.4, -0.2) is 29.4 Å². The van der Waals surface area contributed by atoms with Gasteiger partial charge in [-0.2, -0.15) is 0 Å². The Morgan fingerprint density at radius 1 is 0.825 bits per heavy atom. The number of carbonyl (C=O) groups is 3. The van der Waals surface area contributed by atoms with Gasteiger partial charge in [0.05, 0.1) is 6.04 Å². The fourth-order valence-corrected chi connectivity index (χ4v) is 7.47. The smallest absolute Gasteiger partial charge is 0.185 e. The number of benzene rings is 4. The van der Waals surface area contributed by atoms with E-state index >= 15 is 0 Å². The van der Waals surface area contributed by atoms with Crippen molar-refractivity contribution in [2.24, 2.45) is 5.41 Å². The Hall–Kier alpha value is -3.99. The number of carbonyl (C=O) groups excluding carboxylic acids is 3. The third kappa shape index (κ3) is 3.30. The molecule has 4 aromatic rings.